The van der Waals surface area contributed by atoms with E-state index in [1.54, 1.807) is 24.3 Å². The Hall–Kier alpha value is -2.23. The molecule has 0 bridgehead atoms. The molecule has 0 radical (unpaired) electrons. The Balaban J connectivity index is 2.00. The Morgan fingerprint density at radius 2 is 1.95 bits per heavy atom. The van der Waals surface area contributed by atoms with Gasteiger partial charge in [0.05, 0.1) is 12.6 Å². The van der Waals surface area contributed by atoms with E-state index in [2.05, 4.69) is 5.32 Å². The molecule has 0 aliphatic heterocycles. The van der Waals surface area contributed by atoms with Gasteiger partial charge in [-0.15, -0.1) is 0 Å². The topological polar surface area (TPSA) is 51.5 Å². The molecule has 1 aromatic heterocycles. The molecule has 106 valence electrons. The Morgan fingerprint density at radius 1 is 1.25 bits per heavy atom. The minimum Gasteiger partial charge on any atom is -0.494 e. The molecule has 0 aliphatic rings. The Morgan fingerprint density at radius 3 is 2.50 bits per heavy atom. The van der Waals surface area contributed by atoms with Crippen molar-refractivity contribution in [3.8, 4) is 5.75 Å². The van der Waals surface area contributed by atoms with Crippen LogP contribution in [0.1, 0.15) is 41.8 Å². The van der Waals surface area contributed by atoms with Crippen LogP contribution in [0.4, 0.5) is 0 Å². The van der Waals surface area contributed by atoms with Crippen molar-refractivity contribution in [1.29, 1.82) is 0 Å². The first-order chi connectivity index (χ1) is 9.60. The van der Waals surface area contributed by atoms with Gasteiger partial charge in [0.2, 0.25) is 0 Å². The van der Waals surface area contributed by atoms with Gasteiger partial charge in [-0.3, -0.25) is 4.79 Å². The quantitative estimate of drug-likeness (QED) is 0.907. The number of hydrogen-bond acceptors (Lipinski definition) is 3. The molecule has 1 unspecified atom stereocenters. The smallest absolute Gasteiger partial charge is 0.251 e. The largest absolute Gasteiger partial charge is 0.494 e. The summed E-state index contributed by atoms with van der Waals surface area (Å²) in [6.07, 6.45) is 0. The SMILES string of the molecule is CCOc1ccc(C(=O)NC(C)c2ccc(C)o2)cc1. The molecule has 0 spiro atoms. The first-order valence-corrected chi connectivity index (χ1v) is 6.70. The van der Waals surface area contributed by atoms with Crippen LogP contribution in [-0.2, 0) is 0 Å². The lowest BCUT2D eigenvalue weighted by atomic mass is 10.2. The number of furan rings is 1. The van der Waals surface area contributed by atoms with Crippen molar-refractivity contribution in [3.63, 3.8) is 0 Å². The zero-order valence-electron chi connectivity index (χ0n) is 12.0. The van der Waals surface area contributed by atoms with E-state index in [1.807, 2.05) is 32.9 Å². The van der Waals surface area contributed by atoms with Gasteiger partial charge in [-0.2, -0.15) is 0 Å². The van der Waals surface area contributed by atoms with Crippen molar-refractivity contribution in [2.24, 2.45) is 0 Å². The van der Waals surface area contributed by atoms with Crippen molar-refractivity contribution in [3.05, 3.63) is 53.5 Å². The molecule has 1 atom stereocenters. The number of nitrogens with one attached hydrogen (secondary N) is 1. The average Bonchev–Trinajstić information content (AvgIpc) is 2.86. The summed E-state index contributed by atoms with van der Waals surface area (Å²) >= 11 is 0. The molecule has 2 aromatic rings. The van der Waals surface area contributed by atoms with E-state index in [0.29, 0.717) is 12.2 Å². The lowest BCUT2D eigenvalue weighted by molar-refractivity contribution is 0.0935. The van der Waals surface area contributed by atoms with E-state index in [1.165, 1.54) is 0 Å². The molecule has 1 amide bonds. The molecule has 4 nitrogen and oxygen atoms in total. The second-order valence-corrected chi connectivity index (χ2v) is 4.60. The first-order valence-electron chi connectivity index (χ1n) is 6.70. The fourth-order valence-corrected chi connectivity index (χ4v) is 1.91. The second-order valence-electron chi connectivity index (χ2n) is 4.60. The summed E-state index contributed by atoms with van der Waals surface area (Å²) in [6, 6.07) is 10.7. The number of carbonyl (C=O) groups excluding carboxylic acids is 1. The Labute approximate surface area is 118 Å². The summed E-state index contributed by atoms with van der Waals surface area (Å²) in [6.45, 7) is 6.31. The van der Waals surface area contributed by atoms with Gasteiger partial charge in [0.15, 0.2) is 0 Å². The number of ether oxygens (including phenoxy) is 1. The van der Waals surface area contributed by atoms with Crippen molar-refractivity contribution in [1.82, 2.24) is 5.32 Å². The third-order valence-corrected chi connectivity index (χ3v) is 2.96. The number of rotatable bonds is 5. The van der Waals surface area contributed by atoms with E-state index in [0.717, 1.165) is 17.3 Å². The lowest BCUT2D eigenvalue weighted by Crippen LogP contribution is -2.26. The predicted octanol–water partition coefficient (Wildman–Crippen LogP) is 3.48. The van der Waals surface area contributed by atoms with Gasteiger partial charge in [0.1, 0.15) is 17.3 Å². The van der Waals surface area contributed by atoms with Crippen molar-refractivity contribution < 1.29 is 13.9 Å². The monoisotopic (exact) mass is 273 g/mol. The summed E-state index contributed by atoms with van der Waals surface area (Å²) in [5.41, 5.74) is 0.601. The normalized spacial score (nSPS) is 11.9. The van der Waals surface area contributed by atoms with Crippen LogP contribution >= 0.6 is 0 Å². The summed E-state index contributed by atoms with van der Waals surface area (Å²) < 4.78 is 10.8. The minimum absolute atomic E-state index is 0.130. The summed E-state index contributed by atoms with van der Waals surface area (Å²) in [4.78, 5) is 12.1. The van der Waals surface area contributed by atoms with Gasteiger partial charge in [0, 0.05) is 5.56 Å². The average molecular weight is 273 g/mol. The maximum absolute atomic E-state index is 12.1. The van der Waals surface area contributed by atoms with Crippen LogP contribution in [0, 0.1) is 6.92 Å². The second kappa shape index (κ2) is 6.28. The van der Waals surface area contributed by atoms with Crippen molar-refractivity contribution in [2.75, 3.05) is 6.61 Å². The lowest BCUT2D eigenvalue weighted by Gasteiger charge is -2.12. The molecular weight excluding hydrogens is 254 g/mol. The molecule has 4 heteroatoms. The predicted molar refractivity (Wildman–Crippen MR) is 76.9 cm³/mol. The van der Waals surface area contributed by atoms with Gasteiger partial charge in [-0.1, -0.05) is 0 Å². The molecule has 2 rings (SSSR count). The zero-order valence-corrected chi connectivity index (χ0v) is 12.0. The molecular formula is C16H19NO3. The van der Waals surface area contributed by atoms with Crippen molar-refractivity contribution >= 4 is 5.91 Å². The highest BCUT2D eigenvalue weighted by Crippen LogP contribution is 2.17. The summed E-state index contributed by atoms with van der Waals surface area (Å²) in [5.74, 6) is 2.22. The van der Waals surface area contributed by atoms with Crippen LogP contribution in [0.2, 0.25) is 0 Å². The van der Waals surface area contributed by atoms with Crippen LogP contribution in [0.5, 0.6) is 5.75 Å². The fraction of sp³-hybridized carbons (Fsp3) is 0.312. The maximum Gasteiger partial charge on any atom is 0.251 e. The highest BCUT2D eigenvalue weighted by molar-refractivity contribution is 5.94. The molecule has 1 heterocycles. The molecule has 0 saturated carbocycles. The molecule has 0 aliphatic carbocycles. The molecule has 1 N–H and O–H groups in total. The minimum atomic E-state index is -0.164. The van der Waals surface area contributed by atoms with E-state index >= 15 is 0 Å². The first kappa shape index (κ1) is 14.2. The van der Waals surface area contributed by atoms with Gasteiger partial charge < -0.3 is 14.5 Å². The van der Waals surface area contributed by atoms with Gasteiger partial charge in [0.25, 0.3) is 5.91 Å². The molecule has 1 aromatic carbocycles. The summed E-state index contributed by atoms with van der Waals surface area (Å²) in [5, 5.41) is 2.90. The third-order valence-electron chi connectivity index (χ3n) is 2.96. The highest BCUT2D eigenvalue weighted by atomic mass is 16.5. The highest BCUT2D eigenvalue weighted by Gasteiger charge is 2.14. The number of benzene rings is 1. The molecule has 0 saturated heterocycles. The number of carbonyl (C=O) groups is 1. The zero-order chi connectivity index (χ0) is 14.5. The molecule has 20 heavy (non-hydrogen) atoms. The Bertz CT molecular complexity index is 572. The van der Waals surface area contributed by atoms with Crippen LogP contribution in [0.15, 0.2) is 40.8 Å². The summed E-state index contributed by atoms with van der Waals surface area (Å²) in [7, 11) is 0. The maximum atomic E-state index is 12.1. The number of amides is 1. The third kappa shape index (κ3) is 3.41. The van der Waals surface area contributed by atoms with Crippen molar-refractivity contribution in [2.45, 2.75) is 26.8 Å². The van der Waals surface area contributed by atoms with Gasteiger partial charge in [-0.25, -0.2) is 0 Å². The number of aryl methyl sites for hydroxylation is 1. The van der Waals surface area contributed by atoms with Crippen LogP contribution < -0.4 is 10.1 Å². The molecule has 0 fully saturated rings. The van der Waals surface area contributed by atoms with E-state index in [4.69, 9.17) is 9.15 Å². The number of hydrogen-bond donors (Lipinski definition) is 1. The van der Waals surface area contributed by atoms with Crippen LogP contribution in [0.3, 0.4) is 0 Å². The van der Waals surface area contributed by atoms with E-state index < -0.39 is 0 Å². The van der Waals surface area contributed by atoms with Crippen LogP contribution in [0.25, 0.3) is 0 Å². The van der Waals surface area contributed by atoms with E-state index in [-0.39, 0.29) is 11.9 Å². The van der Waals surface area contributed by atoms with Gasteiger partial charge in [-0.05, 0) is 57.2 Å². The standard InChI is InChI=1S/C16H19NO3/c1-4-19-14-8-6-13(7-9-14)16(18)17-12(3)15-10-5-11(2)20-15/h5-10,12H,4H2,1-3H3,(H,17,18). The Kier molecular flexibility index (Phi) is 4.45. The fourth-order valence-electron chi connectivity index (χ4n) is 1.91. The van der Waals surface area contributed by atoms with Gasteiger partial charge >= 0.3 is 0 Å². The van der Waals surface area contributed by atoms with Crippen LogP contribution in [-0.4, -0.2) is 12.5 Å². The van der Waals surface area contributed by atoms with E-state index in [9.17, 15) is 4.79 Å².